The van der Waals surface area contributed by atoms with Crippen LogP contribution < -0.4 is 0 Å². The Bertz CT molecular complexity index is 1130. The summed E-state index contributed by atoms with van der Waals surface area (Å²) in [6.45, 7) is 7.00. The highest BCUT2D eigenvalue weighted by Crippen LogP contribution is 2.28. The molecule has 0 saturated carbocycles. The van der Waals surface area contributed by atoms with E-state index in [4.69, 9.17) is 20.5 Å². The molecule has 0 spiro atoms. The highest BCUT2D eigenvalue weighted by atomic mass is 35.5. The number of piperazine rings is 1. The summed E-state index contributed by atoms with van der Waals surface area (Å²) in [6, 6.07) is 7.08. The summed E-state index contributed by atoms with van der Waals surface area (Å²) in [5.41, 5.74) is 1.13. The van der Waals surface area contributed by atoms with Gasteiger partial charge in [0.2, 0.25) is 21.8 Å². The van der Waals surface area contributed by atoms with Gasteiger partial charge in [-0.3, -0.25) is 4.90 Å². The summed E-state index contributed by atoms with van der Waals surface area (Å²) in [6.07, 6.45) is 0. The molecule has 0 aliphatic carbocycles. The summed E-state index contributed by atoms with van der Waals surface area (Å²) >= 11 is 6.03. The largest absolute Gasteiger partial charge is 0.419 e. The van der Waals surface area contributed by atoms with E-state index in [2.05, 4.69) is 20.3 Å². The lowest BCUT2D eigenvalue weighted by atomic mass is 10.2. The zero-order valence-electron chi connectivity index (χ0n) is 16.9. The van der Waals surface area contributed by atoms with E-state index in [1.54, 1.807) is 26.0 Å². The molecule has 1 atom stereocenters. The van der Waals surface area contributed by atoms with E-state index in [0.717, 1.165) is 5.56 Å². The number of aryl methyl sites for hydroxylation is 2. The summed E-state index contributed by atoms with van der Waals surface area (Å²) < 4.78 is 38.3. The molecule has 0 radical (unpaired) electrons. The van der Waals surface area contributed by atoms with Crippen molar-refractivity contribution in [3.05, 3.63) is 46.6 Å². The van der Waals surface area contributed by atoms with Gasteiger partial charge in [-0.15, -0.1) is 10.2 Å². The van der Waals surface area contributed by atoms with Crippen LogP contribution >= 0.6 is 11.6 Å². The summed E-state index contributed by atoms with van der Waals surface area (Å²) in [5.74, 6) is 1.19. The van der Waals surface area contributed by atoms with Gasteiger partial charge in [0.05, 0.1) is 6.04 Å². The molecule has 0 bridgehead atoms. The van der Waals surface area contributed by atoms with E-state index in [-0.39, 0.29) is 10.9 Å². The van der Waals surface area contributed by atoms with Gasteiger partial charge >= 0.3 is 0 Å². The van der Waals surface area contributed by atoms with E-state index >= 15 is 0 Å². The van der Waals surface area contributed by atoms with Crippen LogP contribution in [0.15, 0.2) is 38.1 Å². The Morgan fingerprint density at radius 3 is 2.50 bits per heavy atom. The van der Waals surface area contributed by atoms with Crippen LogP contribution in [0.1, 0.15) is 30.3 Å². The Labute approximate surface area is 179 Å². The lowest BCUT2D eigenvalue weighted by molar-refractivity contribution is 0.129. The van der Waals surface area contributed by atoms with Crippen LogP contribution in [0.3, 0.4) is 0 Å². The molecule has 160 valence electrons. The minimum absolute atomic E-state index is 0.144. The number of nitrogens with zero attached hydrogens (tertiary/aromatic N) is 5. The number of hydrogen-bond donors (Lipinski definition) is 0. The molecule has 1 saturated heterocycles. The van der Waals surface area contributed by atoms with Crippen molar-refractivity contribution in [3.63, 3.8) is 0 Å². The van der Waals surface area contributed by atoms with E-state index in [9.17, 15) is 8.42 Å². The maximum Gasteiger partial charge on any atom is 0.248 e. The molecule has 4 rings (SSSR count). The van der Waals surface area contributed by atoms with Gasteiger partial charge in [0, 0.05) is 36.8 Å². The second-order valence-corrected chi connectivity index (χ2v) is 9.54. The van der Waals surface area contributed by atoms with Gasteiger partial charge in [-0.25, -0.2) is 8.42 Å². The quantitative estimate of drug-likeness (QED) is 0.582. The molecule has 11 heteroatoms. The van der Waals surface area contributed by atoms with Crippen molar-refractivity contribution in [1.29, 1.82) is 0 Å². The maximum absolute atomic E-state index is 13.0. The zero-order valence-corrected chi connectivity index (χ0v) is 18.4. The highest BCUT2D eigenvalue weighted by Gasteiger charge is 2.35. The van der Waals surface area contributed by atoms with Crippen molar-refractivity contribution >= 4 is 21.6 Å². The first-order valence-corrected chi connectivity index (χ1v) is 11.4. The van der Waals surface area contributed by atoms with Crippen molar-refractivity contribution in [3.8, 4) is 11.5 Å². The molecule has 1 fully saturated rings. The summed E-state index contributed by atoms with van der Waals surface area (Å²) in [5, 5.41) is 12.7. The maximum atomic E-state index is 13.0. The minimum atomic E-state index is -3.64. The molecule has 30 heavy (non-hydrogen) atoms. The third-order valence-corrected chi connectivity index (χ3v) is 7.64. The van der Waals surface area contributed by atoms with Crippen LogP contribution in [0.5, 0.6) is 0 Å². The van der Waals surface area contributed by atoms with E-state index in [1.165, 1.54) is 4.31 Å². The summed E-state index contributed by atoms with van der Waals surface area (Å²) in [4.78, 5) is 2.28. The van der Waals surface area contributed by atoms with Crippen LogP contribution in [-0.2, 0) is 10.0 Å². The van der Waals surface area contributed by atoms with Crippen LogP contribution in [-0.4, -0.2) is 59.2 Å². The normalized spacial score (nSPS) is 17.3. The number of benzene rings is 1. The second-order valence-electron chi connectivity index (χ2n) is 7.23. The molecule has 0 amide bonds. The first-order valence-electron chi connectivity index (χ1n) is 9.54. The van der Waals surface area contributed by atoms with E-state index < -0.39 is 10.0 Å². The van der Waals surface area contributed by atoms with Gasteiger partial charge in [-0.1, -0.05) is 22.8 Å². The fourth-order valence-corrected chi connectivity index (χ4v) is 5.50. The Hall–Kier alpha value is -2.27. The van der Waals surface area contributed by atoms with Gasteiger partial charge in [-0.05, 0) is 39.0 Å². The van der Waals surface area contributed by atoms with E-state index in [1.807, 2.05) is 19.1 Å². The molecule has 1 unspecified atom stereocenters. The van der Waals surface area contributed by atoms with Gasteiger partial charge < -0.3 is 8.94 Å². The molecule has 1 aliphatic rings. The van der Waals surface area contributed by atoms with Gasteiger partial charge in [0.1, 0.15) is 10.6 Å². The average molecular weight is 452 g/mol. The van der Waals surface area contributed by atoms with Gasteiger partial charge in [0.15, 0.2) is 5.76 Å². The van der Waals surface area contributed by atoms with Crippen LogP contribution in [0.4, 0.5) is 0 Å². The highest BCUT2D eigenvalue weighted by molar-refractivity contribution is 7.89. The third-order valence-electron chi connectivity index (χ3n) is 5.26. The minimum Gasteiger partial charge on any atom is -0.419 e. The van der Waals surface area contributed by atoms with Gasteiger partial charge in [-0.2, -0.15) is 4.31 Å². The number of sulfonamides is 1. The molecule has 2 aromatic heterocycles. The SMILES string of the molecule is Cc1noc(C)c1S(=O)(=O)N1CCN(C(C)c2nnc(-c3cccc(Cl)c3)o2)CC1. The first-order chi connectivity index (χ1) is 14.3. The zero-order chi connectivity index (χ0) is 21.5. The third kappa shape index (κ3) is 3.87. The second kappa shape index (κ2) is 8.10. The van der Waals surface area contributed by atoms with Gasteiger partial charge in [0.25, 0.3) is 0 Å². The molecular weight excluding hydrogens is 430 g/mol. The lowest BCUT2D eigenvalue weighted by Crippen LogP contribution is -2.49. The summed E-state index contributed by atoms with van der Waals surface area (Å²) in [7, 11) is -3.64. The fourth-order valence-electron chi connectivity index (χ4n) is 3.60. The molecule has 9 nitrogen and oxygen atoms in total. The Morgan fingerprint density at radius 1 is 1.13 bits per heavy atom. The Kier molecular flexibility index (Phi) is 5.67. The van der Waals surface area contributed by atoms with E-state index in [0.29, 0.717) is 54.4 Å². The molecular formula is C19H22ClN5O4S. The van der Waals surface area contributed by atoms with Crippen LogP contribution in [0.2, 0.25) is 5.02 Å². The van der Waals surface area contributed by atoms with Crippen LogP contribution in [0, 0.1) is 13.8 Å². The lowest BCUT2D eigenvalue weighted by Gasteiger charge is -2.36. The average Bonchev–Trinajstić information content (AvgIpc) is 3.34. The number of halogens is 1. The smallest absolute Gasteiger partial charge is 0.248 e. The fraction of sp³-hybridized carbons (Fsp3) is 0.421. The van der Waals surface area contributed by atoms with Crippen molar-refractivity contribution < 1.29 is 17.4 Å². The molecule has 3 aromatic rings. The first kappa shape index (κ1) is 21.0. The number of aromatic nitrogens is 3. The monoisotopic (exact) mass is 451 g/mol. The molecule has 0 N–H and O–H groups in total. The Balaban J connectivity index is 1.44. The van der Waals surface area contributed by atoms with Crippen LogP contribution in [0.25, 0.3) is 11.5 Å². The number of rotatable bonds is 5. The van der Waals surface area contributed by atoms with Crippen molar-refractivity contribution in [2.24, 2.45) is 0 Å². The van der Waals surface area contributed by atoms with Crippen molar-refractivity contribution in [1.82, 2.24) is 24.6 Å². The van der Waals surface area contributed by atoms with Crippen molar-refractivity contribution in [2.75, 3.05) is 26.2 Å². The number of hydrogen-bond acceptors (Lipinski definition) is 8. The molecule has 1 aliphatic heterocycles. The molecule has 3 heterocycles. The topological polar surface area (TPSA) is 106 Å². The Morgan fingerprint density at radius 2 is 1.87 bits per heavy atom. The predicted octanol–water partition coefficient (Wildman–Crippen LogP) is 3.06. The standard InChI is InChI=1S/C19H22ClN5O4S/c1-12-17(14(3)29-23-12)30(26,27)25-9-7-24(8-10-25)13(2)18-21-22-19(28-18)15-5-4-6-16(20)11-15/h4-6,11,13H,7-10H2,1-3H3. The predicted molar refractivity (Wildman–Crippen MR) is 109 cm³/mol. The molecule has 1 aromatic carbocycles. The van der Waals surface area contributed by atoms with Crippen molar-refractivity contribution in [2.45, 2.75) is 31.7 Å².